The summed E-state index contributed by atoms with van der Waals surface area (Å²) < 4.78 is 59.2. The van der Waals surface area contributed by atoms with Crippen LogP contribution in [-0.2, 0) is 26.9 Å². The van der Waals surface area contributed by atoms with E-state index in [1.54, 1.807) is 19.1 Å². The second kappa shape index (κ2) is 9.69. The molecule has 0 aromatic heterocycles. The van der Waals surface area contributed by atoms with Crippen LogP contribution >= 0.6 is 0 Å². The van der Waals surface area contributed by atoms with Gasteiger partial charge in [-0.3, -0.25) is 9.59 Å². The Labute approximate surface area is 187 Å². The third kappa shape index (κ3) is 5.66. The van der Waals surface area contributed by atoms with Crippen LogP contribution in [-0.4, -0.2) is 18.3 Å². The van der Waals surface area contributed by atoms with Gasteiger partial charge in [0, 0.05) is 12.1 Å². The smallest absolute Gasteiger partial charge is 0.417 e. The molecule has 1 amide bonds. The molecule has 2 aromatic rings. The maximum absolute atomic E-state index is 14.6. The number of amides is 1. The van der Waals surface area contributed by atoms with Crippen molar-refractivity contribution >= 4 is 23.0 Å². The molecule has 170 valence electrons. The van der Waals surface area contributed by atoms with Crippen molar-refractivity contribution < 1.29 is 31.9 Å². The fourth-order valence-corrected chi connectivity index (χ4v) is 3.27. The number of nitrogens with zero attached hydrogens (tertiary/aromatic N) is 1. The molecule has 0 aliphatic heterocycles. The third-order valence-electron chi connectivity index (χ3n) is 4.84. The van der Waals surface area contributed by atoms with Crippen molar-refractivity contribution in [3.8, 4) is 6.07 Å². The number of anilines is 1. The number of ketones is 1. The van der Waals surface area contributed by atoms with Crippen molar-refractivity contribution in [2.75, 3.05) is 11.9 Å². The van der Waals surface area contributed by atoms with Crippen molar-refractivity contribution in [2.45, 2.75) is 25.9 Å². The van der Waals surface area contributed by atoms with Crippen LogP contribution in [0.4, 0.5) is 23.2 Å². The van der Waals surface area contributed by atoms with E-state index < -0.39 is 35.4 Å². The van der Waals surface area contributed by atoms with E-state index in [9.17, 15) is 27.2 Å². The van der Waals surface area contributed by atoms with Crippen LogP contribution in [0.15, 0.2) is 54.3 Å². The van der Waals surface area contributed by atoms with Gasteiger partial charge in [0.15, 0.2) is 5.76 Å². The van der Waals surface area contributed by atoms with E-state index in [4.69, 9.17) is 10.00 Å². The average Bonchev–Trinajstić information content (AvgIpc) is 2.76. The molecule has 0 saturated carbocycles. The van der Waals surface area contributed by atoms with Gasteiger partial charge in [0.25, 0.3) is 0 Å². The number of carbonyl (C=O) groups excluding carboxylic acids is 2. The van der Waals surface area contributed by atoms with Gasteiger partial charge in [-0.1, -0.05) is 18.2 Å². The molecule has 1 N–H and O–H groups in total. The zero-order chi connectivity index (χ0) is 24.2. The van der Waals surface area contributed by atoms with Crippen LogP contribution in [0, 0.1) is 17.1 Å². The summed E-state index contributed by atoms with van der Waals surface area (Å²) in [5.74, 6) is -1.38. The largest absolute Gasteiger partial charge is 0.490 e. The Balaban J connectivity index is 1.74. The summed E-state index contributed by atoms with van der Waals surface area (Å²) in [5.41, 5.74) is -0.760. The number of ether oxygens (including phenoxy) is 1. The number of rotatable bonds is 6. The molecule has 0 unspecified atom stereocenters. The summed E-state index contributed by atoms with van der Waals surface area (Å²) in [6.45, 7) is 2.06. The third-order valence-corrected chi connectivity index (χ3v) is 4.84. The van der Waals surface area contributed by atoms with Crippen LogP contribution in [0.1, 0.15) is 35.6 Å². The number of benzene rings is 2. The zero-order valence-corrected chi connectivity index (χ0v) is 17.4. The molecule has 0 spiro atoms. The molecule has 0 atom stereocenters. The fraction of sp³-hybridized carbons (Fsp3) is 0.208. The van der Waals surface area contributed by atoms with E-state index in [1.807, 2.05) is 0 Å². The lowest BCUT2D eigenvalue weighted by molar-refractivity contribution is -0.137. The predicted molar refractivity (Wildman–Crippen MR) is 112 cm³/mol. The van der Waals surface area contributed by atoms with Gasteiger partial charge in [-0.15, -0.1) is 0 Å². The molecule has 9 heteroatoms. The molecule has 33 heavy (non-hydrogen) atoms. The monoisotopic (exact) mass is 458 g/mol. The van der Waals surface area contributed by atoms with Gasteiger partial charge in [0.1, 0.15) is 5.82 Å². The summed E-state index contributed by atoms with van der Waals surface area (Å²) in [6.07, 6.45) is -1.88. The number of hydrogen-bond donors (Lipinski definition) is 1. The summed E-state index contributed by atoms with van der Waals surface area (Å²) in [5, 5.41) is 11.1. The normalized spacial score (nSPS) is 13.6. The summed E-state index contributed by atoms with van der Waals surface area (Å²) >= 11 is 0. The maximum Gasteiger partial charge on any atom is 0.417 e. The number of hydrogen-bond acceptors (Lipinski definition) is 4. The minimum atomic E-state index is -4.76. The minimum Gasteiger partial charge on any atom is -0.490 e. The molecule has 0 saturated heterocycles. The summed E-state index contributed by atoms with van der Waals surface area (Å²) in [4.78, 5) is 24.1. The molecule has 1 aliphatic rings. The van der Waals surface area contributed by atoms with Crippen LogP contribution in [0.25, 0.3) is 5.57 Å². The van der Waals surface area contributed by atoms with Gasteiger partial charge in [-0.2, -0.15) is 18.4 Å². The van der Waals surface area contributed by atoms with Crippen molar-refractivity contribution in [1.82, 2.24) is 0 Å². The van der Waals surface area contributed by atoms with E-state index in [0.717, 1.165) is 6.07 Å². The highest BCUT2D eigenvalue weighted by Crippen LogP contribution is 2.33. The number of halogens is 4. The first-order valence-corrected chi connectivity index (χ1v) is 9.90. The van der Waals surface area contributed by atoms with Crippen molar-refractivity contribution in [1.29, 1.82) is 5.26 Å². The summed E-state index contributed by atoms with van der Waals surface area (Å²) in [7, 11) is 0. The maximum atomic E-state index is 14.6. The first-order chi connectivity index (χ1) is 15.6. The molecule has 3 rings (SSSR count). The lowest BCUT2D eigenvalue weighted by Gasteiger charge is -2.14. The van der Waals surface area contributed by atoms with E-state index in [1.165, 1.54) is 30.3 Å². The van der Waals surface area contributed by atoms with Crippen molar-refractivity contribution in [3.05, 3.63) is 82.4 Å². The zero-order valence-electron chi connectivity index (χ0n) is 17.4. The standard InChI is InChI=1S/C24H18F4N2O3/c1-2-33-22-10-15(6-8-21(22)31)14-3-4-16(20(25)9-14)11-23(32)30-18-7-5-17(13-29)19(12-18)24(26,27)28/h3-7,9-10,12H,2,8,11H2,1H3,(H,30,32). The Morgan fingerprint density at radius 2 is 1.97 bits per heavy atom. The van der Waals surface area contributed by atoms with Crippen LogP contribution in [0.2, 0.25) is 0 Å². The Bertz CT molecular complexity index is 1210. The van der Waals surface area contributed by atoms with Crippen molar-refractivity contribution in [2.24, 2.45) is 0 Å². The number of nitriles is 1. The molecule has 1 aliphatic carbocycles. The van der Waals surface area contributed by atoms with E-state index in [-0.39, 0.29) is 29.2 Å². The van der Waals surface area contributed by atoms with Crippen molar-refractivity contribution in [3.63, 3.8) is 0 Å². The van der Waals surface area contributed by atoms with Gasteiger partial charge in [-0.05, 0) is 54.0 Å². The van der Waals surface area contributed by atoms with Gasteiger partial charge in [0.2, 0.25) is 11.7 Å². The summed E-state index contributed by atoms with van der Waals surface area (Å²) in [6, 6.07) is 8.44. The molecular weight excluding hydrogens is 440 g/mol. The molecule has 0 heterocycles. The lowest BCUT2D eigenvalue weighted by atomic mass is 9.96. The Kier molecular flexibility index (Phi) is 6.97. The van der Waals surface area contributed by atoms with Crippen LogP contribution in [0.5, 0.6) is 0 Å². The van der Waals surface area contributed by atoms with Crippen LogP contribution < -0.4 is 5.32 Å². The van der Waals surface area contributed by atoms with E-state index in [0.29, 0.717) is 23.8 Å². The highest BCUT2D eigenvalue weighted by molar-refractivity contribution is 6.01. The molecule has 2 aromatic carbocycles. The number of alkyl halides is 3. The highest BCUT2D eigenvalue weighted by Gasteiger charge is 2.34. The Morgan fingerprint density at radius 1 is 1.21 bits per heavy atom. The molecule has 0 radical (unpaired) electrons. The molecule has 0 fully saturated rings. The van der Waals surface area contributed by atoms with Crippen LogP contribution in [0.3, 0.4) is 0 Å². The molecular formula is C24H18F4N2O3. The van der Waals surface area contributed by atoms with Gasteiger partial charge in [-0.25, -0.2) is 4.39 Å². The predicted octanol–water partition coefficient (Wildman–Crippen LogP) is 5.17. The quantitative estimate of drug-likeness (QED) is 0.606. The number of Topliss-reactive ketones (excluding diaryl/α,β-unsaturated/α-hetero) is 1. The minimum absolute atomic E-state index is 0.0439. The Morgan fingerprint density at radius 3 is 2.61 bits per heavy atom. The average molecular weight is 458 g/mol. The van der Waals surface area contributed by atoms with Gasteiger partial charge >= 0.3 is 6.18 Å². The topological polar surface area (TPSA) is 79.2 Å². The lowest BCUT2D eigenvalue weighted by Crippen LogP contribution is -2.16. The molecule has 5 nitrogen and oxygen atoms in total. The number of nitrogens with one attached hydrogen (secondary N) is 1. The first-order valence-electron chi connectivity index (χ1n) is 9.90. The Hall–Kier alpha value is -3.93. The first kappa shape index (κ1) is 23.7. The van der Waals surface area contributed by atoms with E-state index >= 15 is 0 Å². The number of carbonyl (C=O) groups is 2. The highest BCUT2D eigenvalue weighted by atomic mass is 19.4. The number of allylic oxidation sites excluding steroid dienone is 4. The van der Waals surface area contributed by atoms with Gasteiger partial charge < -0.3 is 10.1 Å². The van der Waals surface area contributed by atoms with Gasteiger partial charge in [0.05, 0.1) is 30.2 Å². The molecule has 0 bridgehead atoms. The van der Waals surface area contributed by atoms with E-state index in [2.05, 4.69) is 5.32 Å². The fourth-order valence-electron chi connectivity index (χ4n) is 3.27. The second-order valence-corrected chi connectivity index (χ2v) is 7.13. The SMILES string of the molecule is CCOC1=CC(c2ccc(CC(=O)Nc3ccc(C#N)c(C(F)(F)F)c3)c(F)c2)=CCC1=O. The second-order valence-electron chi connectivity index (χ2n) is 7.13.